The lowest BCUT2D eigenvalue weighted by molar-refractivity contribution is 0.304. The molecular weight excluding hydrogens is 326 g/mol. The van der Waals surface area contributed by atoms with E-state index >= 15 is 0 Å². The molecule has 1 N–H and O–H groups in total. The number of aliphatic hydroxyl groups excluding tert-OH is 1. The minimum atomic E-state index is -0.0474. The normalized spacial score (nSPS) is 11.9. The fourth-order valence-corrected chi connectivity index (χ4v) is 3.89. The highest BCUT2D eigenvalue weighted by Crippen LogP contribution is 2.34. The van der Waals surface area contributed by atoms with Gasteiger partial charge in [0.25, 0.3) is 5.56 Å². The highest BCUT2D eigenvalue weighted by molar-refractivity contribution is 6.18. The third-order valence-electron chi connectivity index (χ3n) is 5.10. The average molecular weight is 343 g/mol. The molecule has 0 amide bonds. The second-order valence-electron chi connectivity index (χ2n) is 6.57. The van der Waals surface area contributed by atoms with E-state index in [1.807, 2.05) is 66.5 Å². The zero-order chi connectivity index (χ0) is 17.8. The van der Waals surface area contributed by atoms with Crippen LogP contribution in [0.15, 0.2) is 59.4 Å². The van der Waals surface area contributed by atoms with Gasteiger partial charge in [-0.15, -0.1) is 0 Å². The van der Waals surface area contributed by atoms with Crippen molar-refractivity contribution in [1.29, 1.82) is 0 Å². The lowest BCUT2D eigenvalue weighted by atomic mass is 10.0. The first-order valence-corrected chi connectivity index (χ1v) is 8.61. The largest absolute Gasteiger partial charge is 0.395 e. The second kappa shape index (κ2) is 5.41. The molecule has 0 saturated carbocycles. The Labute approximate surface area is 149 Å². The molecule has 5 aromatic rings. The number of fused-ring (bicyclic) bond motifs is 4. The highest BCUT2D eigenvalue weighted by atomic mass is 16.3. The molecule has 0 unspecified atom stereocenters. The van der Waals surface area contributed by atoms with Gasteiger partial charge in [0.1, 0.15) is 5.65 Å². The molecule has 0 saturated heterocycles. The number of likely N-dealkylation sites (N-methyl/N-ethyl adjacent to an activating group) is 1. The number of para-hydroxylation sites is 2. The molecule has 26 heavy (non-hydrogen) atoms. The number of rotatable bonds is 3. The van der Waals surface area contributed by atoms with Crippen molar-refractivity contribution in [3.05, 3.63) is 65.0 Å². The van der Waals surface area contributed by atoms with Crippen LogP contribution in [0.2, 0.25) is 0 Å². The Balaban J connectivity index is 2.01. The summed E-state index contributed by atoms with van der Waals surface area (Å²) < 4.78 is 1.71. The first-order chi connectivity index (χ1) is 12.7. The molecule has 0 atom stereocenters. The summed E-state index contributed by atoms with van der Waals surface area (Å²) in [4.78, 5) is 20.0. The number of hydrogen-bond acceptors (Lipinski definition) is 4. The Bertz CT molecular complexity index is 1340. The van der Waals surface area contributed by atoms with Crippen LogP contribution in [-0.4, -0.2) is 34.7 Å². The van der Waals surface area contributed by atoms with Gasteiger partial charge in [-0.2, -0.15) is 0 Å². The molecule has 0 bridgehead atoms. The van der Waals surface area contributed by atoms with Gasteiger partial charge in [0, 0.05) is 40.8 Å². The summed E-state index contributed by atoms with van der Waals surface area (Å²) in [7, 11) is 1.94. The predicted octanol–water partition coefficient (Wildman–Crippen LogP) is 3.02. The van der Waals surface area contributed by atoms with E-state index in [1.165, 1.54) is 0 Å². The Hall–Kier alpha value is -3.18. The van der Waals surface area contributed by atoms with Crippen molar-refractivity contribution < 1.29 is 5.11 Å². The summed E-state index contributed by atoms with van der Waals surface area (Å²) in [5, 5.41) is 12.9. The van der Waals surface area contributed by atoms with Crippen LogP contribution >= 0.6 is 0 Å². The van der Waals surface area contributed by atoms with Crippen molar-refractivity contribution in [2.24, 2.45) is 0 Å². The summed E-state index contributed by atoms with van der Waals surface area (Å²) in [6, 6.07) is 17.6. The van der Waals surface area contributed by atoms with Crippen LogP contribution in [0.3, 0.4) is 0 Å². The minimum absolute atomic E-state index is 0.0474. The third kappa shape index (κ3) is 1.89. The van der Waals surface area contributed by atoms with Gasteiger partial charge >= 0.3 is 0 Å². The lowest BCUT2D eigenvalue weighted by Crippen LogP contribution is -2.21. The van der Waals surface area contributed by atoms with E-state index < -0.39 is 0 Å². The van der Waals surface area contributed by atoms with Crippen molar-refractivity contribution >= 4 is 43.9 Å². The Morgan fingerprint density at radius 3 is 2.65 bits per heavy atom. The number of hydrogen-bond donors (Lipinski definition) is 1. The van der Waals surface area contributed by atoms with E-state index in [-0.39, 0.29) is 12.2 Å². The first kappa shape index (κ1) is 15.1. The second-order valence-corrected chi connectivity index (χ2v) is 6.57. The summed E-state index contributed by atoms with van der Waals surface area (Å²) in [5.41, 5.74) is 3.29. The van der Waals surface area contributed by atoms with Crippen LogP contribution < -0.4 is 10.5 Å². The molecule has 0 aliphatic heterocycles. The standard InChI is InChI=1S/C21H17N3O2/c1-23(11-12-25)17-10-9-14-19-13(17)5-4-6-15(19)21(26)24-18-8-3-2-7-16(18)22-20(14)24/h2-10,25H,11-12H2,1H3. The van der Waals surface area contributed by atoms with Gasteiger partial charge in [-0.25, -0.2) is 4.98 Å². The van der Waals surface area contributed by atoms with Crippen molar-refractivity contribution in [3.8, 4) is 0 Å². The van der Waals surface area contributed by atoms with Gasteiger partial charge in [-0.1, -0.05) is 24.3 Å². The molecule has 128 valence electrons. The van der Waals surface area contributed by atoms with Crippen LogP contribution in [0, 0.1) is 0 Å². The number of pyridine rings is 1. The van der Waals surface area contributed by atoms with Crippen LogP contribution in [0.5, 0.6) is 0 Å². The number of nitrogens with zero attached hydrogens (tertiary/aromatic N) is 3. The molecule has 5 heteroatoms. The molecule has 0 fully saturated rings. The smallest absolute Gasteiger partial charge is 0.264 e. The monoisotopic (exact) mass is 343 g/mol. The van der Waals surface area contributed by atoms with Crippen LogP contribution in [0.1, 0.15) is 0 Å². The zero-order valence-electron chi connectivity index (χ0n) is 14.3. The van der Waals surface area contributed by atoms with E-state index in [0.717, 1.165) is 32.9 Å². The molecule has 0 radical (unpaired) electrons. The van der Waals surface area contributed by atoms with E-state index in [4.69, 9.17) is 4.98 Å². The maximum atomic E-state index is 13.2. The quantitative estimate of drug-likeness (QED) is 0.547. The number of imidazole rings is 1. The summed E-state index contributed by atoms with van der Waals surface area (Å²) in [5.74, 6) is 0. The maximum Gasteiger partial charge on any atom is 0.264 e. The van der Waals surface area contributed by atoms with Crippen molar-refractivity contribution in [3.63, 3.8) is 0 Å². The SMILES string of the molecule is CN(CCO)c1ccc2c3c1cccc3c(=O)n1c3ccccc3nc21. The molecule has 2 aromatic heterocycles. The predicted molar refractivity (Wildman–Crippen MR) is 106 cm³/mol. The molecule has 5 nitrogen and oxygen atoms in total. The van der Waals surface area contributed by atoms with Gasteiger partial charge in [-0.05, 0) is 30.3 Å². The minimum Gasteiger partial charge on any atom is -0.395 e. The van der Waals surface area contributed by atoms with E-state index in [0.29, 0.717) is 17.6 Å². The van der Waals surface area contributed by atoms with Gasteiger partial charge in [-0.3, -0.25) is 9.20 Å². The van der Waals surface area contributed by atoms with E-state index in [2.05, 4.69) is 0 Å². The van der Waals surface area contributed by atoms with Gasteiger partial charge in [0.2, 0.25) is 0 Å². The Morgan fingerprint density at radius 1 is 1.00 bits per heavy atom. The topological polar surface area (TPSA) is 57.8 Å². The van der Waals surface area contributed by atoms with Crippen molar-refractivity contribution in [2.75, 3.05) is 25.1 Å². The van der Waals surface area contributed by atoms with Crippen LogP contribution in [-0.2, 0) is 0 Å². The first-order valence-electron chi connectivity index (χ1n) is 8.61. The molecular formula is C21H17N3O2. The van der Waals surface area contributed by atoms with E-state index in [1.54, 1.807) is 4.40 Å². The van der Waals surface area contributed by atoms with Gasteiger partial charge in [0.05, 0.1) is 17.6 Å². The molecule has 2 heterocycles. The molecule has 3 aromatic carbocycles. The highest BCUT2D eigenvalue weighted by Gasteiger charge is 2.17. The Kier molecular flexibility index (Phi) is 3.14. The van der Waals surface area contributed by atoms with Crippen LogP contribution in [0.25, 0.3) is 38.2 Å². The summed E-state index contributed by atoms with van der Waals surface area (Å²) in [6.45, 7) is 0.610. The fourth-order valence-electron chi connectivity index (χ4n) is 3.89. The van der Waals surface area contributed by atoms with Crippen LogP contribution in [0.4, 0.5) is 5.69 Å². The zero-order valence-corrected chi connectivity index (χ0v) is 14.3. The number of anilines is 1. The van der Waals surface area contributed by atoms with Gasteiger partial charge < -0.3 is 10.0 Å². The molecule has 0 aliphatic carbocycles. The molecule has 5 rings (SSSR count). The average Bonchev–Trinajstić information content (AvgIpc) is 3.05. The van der Waals surface area contributed by atoms with Crippen molar-refractivity contribution in [2.45, 2.75) is 0 Å². The van der Waals surface area contributed by atoms with Gasteiger partial charge in [0.15, 0.2) is 0 Å². The molecule has 0 spiro atoms. The lowest BCUT2D eigenvalue weighted by Gasteiger charge is -2.21. The number of aliphatic hydroxyl groups is 1. The van der Waals surface area contributed by atoms with Crippen molar-refractivity contribution in [1.82, 2.24) is 9.38 Å². The fraction of sp³-hybridized carbons (Fsp3) is 0.143. The Morgan fingerprint density at radius 2 is 1.81 bits per heavy atom. The summed E-state index contributed by atoms with van der Waals surface area (Å²) >= 11 is 0. The van der Waals surface area contributed by atoms with E-state index in [9.17, 15) is 9.90 Å². The molecule has 0 aliphatic rings. The number of benzene rings is 3. The third-order valence-corrected chi connectivity index (χ3v) is 5.10. The number of aromatic nitrogens is 2. The summed E-state index contributed by atoms with van der Waals surface area (Å²) in [6.07, 6.45) is 0. The maximum absolute atomic E-state index is 13.2.